The van der Waals surface area contributed by atoms with Crippen molar-refractivity contribution >= 4 is 22.6 Å². The molecule has 2 aliphatic rings. The summed E-state index contributed by atoms with van der Waals surface area (Å²) >= 11 is 0. The summed E-state index contributed by atoms with van der Waals surface area (Å²) in [6.45, 7) is 7.22. The lowest BCUT2D eigenvalue weighted by molar-refractivity contribution is 0.0928. The quantitative estimate of drug-likeness (QED) is 0.503. The van der Waals surface area contributed by atoms with Crippen LogP contribution in [0.15, 0.2) is 54.7 Å². The smallest absolute Gasteiger partial charge is 0.252 e. The van der Waals surface area contributed by atoms with E-state index in [0.717, 1.165) is 67.3 Å². The molecule has 2 heterocycles. The van der Waals surface area contributed by atoms with Crippen molar-refractivity contribution in [2.45, 2.75) is 64.8 Å². The van der Waals surface area contributed by atoms with Gasteiger partial charge in [-0.1, -0.05) is 50.5 Å². The standard InChI is InChI=1S/C16H18N2O.C14H19NO/c19-16(18-12-6-2-1-3-7-12)14-8-4-10-15-13(14)9-5-11-17-15;1-3-15-8-6-12-4-5-13(11(2)16)10-14(12)7-9-15/h4-5,8-12H,1-3,6-7H2,(H,18,19);4-5,10H,3,6-9H2,1-2H3. The molecule has 1 aliphatic heterocycles. The minimum Gasteiger partial charge on any atom is -0.349 e. The first kappa shape index (κ1) is 25.1. The molecule has 184 valence electrons. The van der Waals surface area contributed by atoms with Gasteiger partial charge in [0.15, 0.2) is 5.78 Å². The predicted octanol–water partition coefficient (Wildman–Crippen LogP) is 5.61. The van der Waals surface area contributed by atoms with Gasteiger partial charge in [0.1, 0.15) is 0 Å². The number of rotatable bonds is 4. The molecule has 1 saturated carbocycles. The van der Waals surface area contributed by atoms with E-state index in [1.807, 2.05) is 36.4 Å². The van der Waals surface area contributed by atoms with Gasteiger partial charge in [-0.25, -0.2) is 0 Å². The molecule has 1 aromatic heterocycles. The summed E-state index contributed by atoms with van der Waals surface area (Å²) < 4.78 is 0. The van der Waals surface area contributed by atoms with Gasteiger partial charge < -0.3 is 10.2 Å². The molecule has 1 amide bonds. The van der Waals surface area contributed by atoms with E-state index in [2.05, 4.69) is 34.3 Å². The highest BCUT2D eigenvalue weighted by molar-refractivity contribution is 6.06. The molecule has 0 radical (unpaired) electrons. The molecule has 5 rings (SSSR count). The number of nitrogens with one attached hydrogen (secondary N) is 1. The zero-order valence-electron chi connectivity index (χ0n) is 21.1. The van der Waals surface area contributed by atoms with E-state index in [9.17, 15) is 9.59 Å². The van der Waals surface area contributed by atoms with Crippen LogP contribution in [0.3, 0.4) is 0 Å². The number of ketones is 1. The second-order valence-corrected chi connectivity index (χ2v) is 9.66. The number of nitrogens with zero attached hydrogens (tertiary/aromatic N) is 2. The van der Waals surface area contributed by atoms with E-state index in [1.54, 1.807) is 13.1 Å². The molecular formula is C30H37N3O2. The largest absolute Gasteiger partial charge is 0.349 e. The van der Waals surface area contributed by atoms with Crippen molar-refractivity contribution in [3.63, 3.8) is 0 Å². The van der Waals surface area contributed by atoms with Crippen molar-refractivity contribution in [2.75, 3.05) is 19.6 Å². The van der Waals surface area contributed by atoms with Crippen molar-refractivity contribution in [1.82, 2.24) is 15.2 Å². The Balaban J connectivity index is 0.000000168. The Morgan fingerprint density at radius 2 is 1.74 bits per heavy atom. The summed E-state index contributed by atoms with van der Waals surface area (Å²) in [4.78, 5) is 30.5. The van der Waals surface area contributed by atoms with Crippen LogP contribution < -0.4 is 5.32 Å². The zero-order chi connectivity index (χ0) is 24.6. The molecule has 1 fully saturated rings. The maximum absolute atomic E-state index is 12.4. The monoisotopic (exact) mass is 471 g/mol. The van der Waals surface area contributed by atoms with Crippen molar-refractivity contribution in [2.24, 2.45) is 0 Å². The van der Waals surface area contributed by atoms with Gasteiger partial charge in [-0.3, -0.25) is 14.6 Å². The molecule has 3 aromatic rings. The predicted molar refractivity (Wildman–Crippen MR) is 142 cm³/mol. The van der Waals surface area contributed by atoms with E-state index in [-0.39, 0.29) is 11.7 Å². The lowest BCUT2D eigenvalue weighted by Gasteiger charge is -2.23. The maximum atomic E-state index is 12.4. The van der Waals surface area contributed by atoms with E-state index >= 15 is 0 Å². The Labute approximate surface area is 208 Å². The van der Waals surface area contributed by atoms with Crippen LogP contribution >= 0.6 is 0 Å². The highest BCUT2D eigenvalue weighted by Crippen LogP contribution is 2.21. The Morgan fingerprint density at radius 3 is 2.49 bits per heavy atom. The fourth-order valence-electron chi connectivity index (χ4n) is 5.12. The number of Topliss-reactive ketones (excluding diaryl/α,β-unsaturated/α-hetero) is 1. The molecule has 1 N–H and O–H groups in total. The van der Waals surface area contributed by atoms with Crippen LogP contribution in [0.1, 0.15) is 77.8 Å². The van der Waals surface area contributed by atoms with Gasteiger partial charge in [0.2, 0.25) is 0 Å². The number of aromatic nitrogens is 1. The third kappa shape index (κ3) is 6.55. The number of carbonyl (C=O) groups is 2. The van der Waals surface area contributed by atoms with Crippen LogP contribution in [0.25, 0.3) is 10.9 Å². The van der Waals surface area contributed by atoms with Crippen LogP contribution in [-0.4, -0.2) is 47.3 Å². The average Bonchev–Trinajstić information content (AvgIpc) is 3.11. The Hall–Kier alpha value is -3.05. The summed E-state index contributed by atoms with van der Waals surface area (Å²) in [5.41, 5.74) is 5.24. The third-order valence-electron chi connectivity index (χ3n) is 7.29. The number of hydrogen-bond acceptors (Lipinski definition) is 4. The van der Waals surface area contributed by atoms with Crippen LogP contribution in [-0.2, 0) is 12.8 Å². The number of benzene rings is 2. The van der Waals surface area contributed by atoms with E-state index in [0.29, 0.717) is 6.04 Å². The first-order valence-electron chi connectivity index (χ1n) is 13.0. The molecule has 0 saturated heterocycles. The van der Waals surface area contributed by atoms with E-state index in [4.69, 9.17) is 0 Å². The molecule has 5 heteroatoms. The van der Waals surface area contributed by atoms with Crippen LogP contribution in [0, 0.1) is 0 Å². The molecule has 1 aliphatic carbocycles. The number of hydrogen-bond donors (Lipinski definition) is 1. The van der Waals surface area contributed by atoms with Gasteiger partial charge in [0.25, 0.3) is 5.91 Å². The highest BCUT2D eigenvalue weighted by Gasteiger charge is 2.18. The summed E-state index contributed by atoms with van der Waals surface area (Å²) in [5, 5.41) is 4.09. The third-order valence-corrected chi connectivity index (χ3v) is 7.29. The fourth-order valence-corrected chi connectivity index (χ4v) is 5.12. The SMILES string of the molecule is CCN1CCc2ccc(C(C)=O)cc2CC1.O=C(NC1CCCCC1)c1cccc2ncccc12. The molecule has 2 aromatic carbocycles. The first-order chi connectivity index (χ1) is 17.0. The fraction of sp³-hybridized carbons (Fsp3) is 0.433. The number of likely N-dealkylation sites (N-methyl/N-ethyl adjacent to an activating group) is 1. The van der Waals surface area contributed by atoms with Gasteiger partial charge in [0.05, 0.1) is 5.52 Å². The maximum Gasteiger partial charge on any atom is 0.252 e. The average molecular weight is 472 g/mol. The summed E-state index contributed by atoms with van der Waals surface area (Å²) in [7, 11) is 0. The molecule has 0 bridgehead atoms. The van der Waals surface area contributed by atoms with Gasteiger partial charge in [-0.05, 0) is 74.5 Å². The number of amides is 1. The summed E-state index contributed by atoms with van der Waals surface area (Å²) in [6.07, 6.45) is 9.90. The van der Waals surface area contributed by atoms with Crippen molar-refractivity contribution < 1.29 is 9.59 Å². The van der Waals surface area contributed by atoms with Crippen molar-refractivity contribution in [1.29, 1.82) is 0 Å². The van der Waals surface area contributed by atoms with Crippen molar-refractivity contribution in [3.05, 3.63) is 77.0 Å². The van der Waals surface area contributed by atoms with Gasteiger partial charge in [0, 0.05) is 41.8 Å². The van der Waals surface area contributed by atoms with Gasteiger partial charge in [-0.15, -0.1) is 0 Å². The number of pyridine rings is 1. The summed E-state index contributed by atoms with van der Waals surface area (Å²) in [5.74, 6) is 0.199. The van der Waals surface area contributed by atoms with Gasteiger partial charge in [-0.2, -0.15) is 0 Å². The minimum atomic E-state index is 0.0329. The van der Waals surface area contributed by atoms with Crippen LogP contribution in [0.2, 0.25) is 0 Å². The molecule has 0 spiro atoms. The van der Waals surface area contributed by atoms with E-state index < -0.39 is 0 Å². The normalized spacial score (nSPS) is 16.5. The van der Waals surface area contributed by atoms with Crippen molar-refractivity contribution in [3.8, 4) is 0 Å². The number of fused-ring (bicyclic) bond motifs is 2. The highest BCUT2D eigenvalue weighted by atomic mass is 16.1. The van der Waals surface area contributed by atoms with Gasteiger partial charge >= 0.3 is 0 Å². The molecular weight excluding hydrogens is 434 g/mol. The zero-order valence-corrected chi connectivity index (χ0v) is 21.1. The Bertz CT molecular complexity index is 1160. The molecule has 0 unspecified atom stereocenters. The lowest BCUT2D eigenvalue weighted by atomic mass is 9.95. The second-order valence-electron chi connectivity index (χ2n) is 9.66. The van der Waals surface area contributed by atoms with E-state index in [1.165, 1.54) is 30.4 Å². The van der Waals surface area contributed by atoms with Crippen LogP contribution in [0.4, 0.5) is 0 Å². The Morgan fingerprint density at radius 1 is 0.971 bits per heavy atom. The first-order valence-corrected chi connectivity index (χ1v) is 13.0. The second kappa shape index (κ2) is 12.1. The Kier molecular flexibility index (Phi) is 8.64. The topological polar surface area (TPSA) is 62.3 Å². The lowest BCUT2D eigenvalue weighted by Crippen LogP contribution is -2.36. The minimum absolute atomic E-state index is 0.0329. The molecule has 35 heavy (non-hydrogen) atoms. The molecule has 5 nitrogen and oxygen atoms in total. The number of carbonyl (C=O) groups excluding carboxylic acids is 2. The van der Waals surface area contributed by atoms with Crippen LogP contribution in [0.5, 0.6) is 0 Å². The summed E-state index contributed by atoms with van der Waals surface area (Å²) in [6, 6.07) is 16.1. The molecule has 0 atom stereocenters.